The summed E-state index contributed by atoms with van der Waals surface area (Å²) in [6.45, 7) is 13.2. The normalized spacial score (nSPS) is 12.1. The molecule has 0 heterocycles. The van der Waals surface area contributed by atoms with Crippen molar-refractivity contribution in [2.45, 2.75) is 45.3 Å². The molecule has 0 aromatic heterocycles. The number of esters is 1. The first-order chi connectivity index (χ1) is 14.4. The molecule has 0 aliphatic heterocycles. The molecule has 3 nitrogen and oxygen atoms in total. The summed E-state index contributed by atoms with van der Waals surface area (Å²) in [5.74, 6) is -0.497. The summed E-state index contributed by atoms with van der Waals surface area (Å²) in [5.41, 5.74) is 4.48. The van der Waals surface area contributed by atoms with Crippen molar-refractivity contribution in [2.24, 2.45) is 0 Å². The summed E-state index contributed by atoms with van der Waals surface area (Å²) in [6.07, 6.45) is 1.41. The Morgan fingerprint density at radius 3 is 1.97 bits per heavy atom. The Hall–Kier alpha value is -3.38. The number of hydrogen-bond donors (Lipinski definition) is 0. The van der Waals surface area contributed by atoms with Gasteiger partial charge in [-0.25, -0.2) is 11.4 Å². The zero-order chi connectivity index (χ0) is 21.6. The van der Waals surface area contributed by atoms with Crippen LogP contribution in [0, 0.1) is 6.57 Å². The number of nitrogens with zero attached hydrogens (tertiary/aromatic N) is 1. The summed E-state index contributed by atoms with van der Waals surface area (Å²) in [6, 6.07) is 25.4. The smallest absolute Gasteiger partial charge is 0.395 e. The minimum atomic E-state index is -0.973. The SMILES string of the molecule is [C-]#[N+]C(C(=O)OC(C)(C)C)c1cc(Cc2ccccc2)ccc1Cc1ccccc1. The van der Waals surface area contributed by atoms with E-state index in [-0.39, 0.29) is 0 Å². The van der Waals surface area contributed by atoms with Crippen molar-refractivity contribution in [1.29, 1.82) is 0 Å². The lowest BCUT2D eigenvalue weighted by molar-refractivity contribution is -0.155. The van der Waals surface area contributed by atoms with Gasteiger partial charge in [0.2, 0.25) is 0 Å². The van der Waals surface area contributed by atoms with Gasteiger partial charge in [-0.2, -0.15) is 0 Å². The van der Waals surface area contributed by atoms with Crippen LogP contribution in [0.1, 0.15) is 54.6 Å². The first kappa shape index (κ1) is 21.3. The van der Waals surface area contributed by atoms with Crippen molar-refractivity contribution in [3.63, 3.8) is 0 Å². The third kappa shape index (κ3) is 5.81. The van der Waals surface area contributed by atoms with Crippen molar-refractivity contribution in [1.82, 2.24) is 0 Å². The molecule has 0 bridgehead atoms. The van der Waals surface area contributed by atoms with Crippen LogP contribution in [0.4, 0.5) is 0 Å². The van der Waals surface area contributed by atoms with E-state index >= 15 is 0 Å². The van der Waals surface area contributed by atoms with Crippen molar-refractivity contribution in [3.8, 4) is 0 Å². The van der Waals surface area contributed by atoms with Gasteiger partial charge in [-0.3, -0.25) is 4.85 Å². The van der Waals surface area contributed by atoms with E-state index in [9.17, 15) is 4.79 Å². The zero-order valence-electron chi connectivity index (χ0n) is 17.8. The first-order valence-corrected chi connectivity index (χ1v) is 10.1. The molecule has 0 aliphatic carbocycles. The lowest BCUT2D eigenvalue weighted by Gasteiger charge is -2.21. The van der Waals surface area contributed by atoms with E-state index in [0.717, 1.165) is 28.7 Å². The molecular formula is C27H27NO2. The molecule has 3 rings (SSSR count). The third-order valence-corrected chi connectivity index (χ3v) is 4.75. The van der Waals surface area contributed by atoms with E-state index in [4.69, 9.17) is 11.3 Å². The lowest BCUT2D eigenvalue weighted by Crippen LogP contribution is -2.27. The summed E-state index contributed by atoms with van der Waals surface area (Å²) >= 11 is 0. The second kappa shape index (κ2) is 9.41. The molecule has 0 saturated carbocycles. The van der Waals surface area contributed by atoms with Crippen LogP contribution in [0.25, 0.3) is 4.85 Å². The molecule has 0 spiro atoms. The van der Waals surface area contributed by atoms with Crippen molar-refractivity contribution in [3.05, 3.63) is 118 Å². The number of ether oxygens (including phenoxy) is 1. The van der Waals surface area contributed by atoms with Crippen molar-refractivity contribution < 1.29 is 9.53 Å². The van der Waals surface area contributed by atoms with Gasteiger partial charge in [0.15, 0.2) is 0 Å². The molecule has 152 valence electrons. The third-order valence-electron chi connectivity index (χ3n) is 4.75. The van der Waals surface area contributed by atoms with Crippen LogP contribution < -0.4 is 0 Å². The number of benzene rings is 3. The number of hydrogen-bond acceptors (Lipinski definition) is 2. The summed E-state index contributed by atoms with van der Waals surface area (Å²) in [7, 11) is 0. The molecular weight excluding hydrogens is 370 g/mol. The Morgan fingerprint density at radius 2 is 1.43 bits per heavy atom. The standard InChI is InChI=1S/C27H27NO2/c1-27(2,3)30-26(29)25(28-4)24-19-22(17-20-11-7-5-8-12-20)15-16-23(24)18-21-13-9-6-10-14-21/h5-16,19,25H,17-18H2,1-3H3. The van der Waals surface area contributed by atoms with E-state index < -0.39 is 17.6 Å². The Kier molecular flexibility index (Phi) is 6.69. The van der Waals surface area contributed by atoms with Gasteiger partial charge in [-0.15, -0.1) is 0 Å². The van der Waals surface area contributed by atoms with E-state index in [1.54, 1.807) is 0 Å². The van der Waals surface area contributed by atoms with Gasteiger partial charge in [0.05, 0.1) is 0 Å². The van der Waals surface area contributed by atoms with Gasteiger partial charge in [0.25, 0.3) is 0 Å². The molecule has 0 aliphatic rings. The van der Waals surface area contributed by atoms with Gasteiger partial charge < -0.3 is 4.74 Å². The molecule has 30 heavy (non-hydrogen) atoms. The Bertz CT molecular complexity index is 1030. The van der Waals surface area contributed by atoms with Gasteiger partial charge >= 0.3 is 12.0 Å². The van der Waals surface area contributed by atoms with Crippen LogP contribution in [0.2, 0.25) is 0 Å². The highest BCUT2D eigenvalue weighted by atomic mass is 16.6. The van der Waals surface area contributed by atoms with Gasteiger partial charge in [-0.1, -0.05) is 72.8 Å². The predicted octanol–water partition coefficient (Wildman–Crippen LogP) is 6.17. The lowest BCUT2D eigenvalue weighted by atomic mass is 9.91. The van der Waals surface area contributed by atoms with E-state index in [1.165, 1.54) is 5.56 Å². The molecule has 0 radical (unpaired) electrons. The number of rotatable bonds is 6. The molecule has 1 unspecified atom stereocenters. The van der Waals surface area contributed by atoms with Crippen molar-refractivity contribution in [2.75, 3.05) is 0 Å². The van der Waals surface area contributed by atoms with Gasteiger partial charge in [0.1, 0.15) is 5.60 Å². The number of carbonyl (C=O) groups excluding carboxylic acids is 1. The van der Waals surface area contributed by atoms with Crippen LogP contribution in [0.3, 0.4) is 0 Å². The van der Waals surface area contributed by atoms with E-state index in [1.807, 2.05) is 69.3 Å². The van der Waals surface area contributed by atoms with Crippen LogP contribution in [-0.2, 0) is 22.4 Å². The Balaban J connectivity index is 1.99. The predicted molar refractivity (Wildman–Crippen MR) is 120 cm³/mol. The average molecular weight is 398 g/mol. The summed E-state index contributed by atoms with van der Waals surface area (Å²) < 4.78 is 5.56. The summed E-state index contributed by atoms with van der Waals surface area (Å²) in [5, 5.41) is 0. The second-order valence-electron chi connectivity index (χ2n) is 8.42. The molecule has 0 amide bonds. The van der Waals surface area contributed by atoms with Gasteiger partial charge in [-0.05, 0) is 61.9 Å². The van der Waals surface area contributed by atoms with Crippen LogP contribution in [0.5, 0.6) is 0 Å². The maximum atomic E-state index is 12.8. The van der Waals surface area contributed by atoms with Crippen LogP contribution in [-0.4, -0.2) is 11.6 Å². The highest BCUT2D eigenvalue weighted by Gasteiger charge is 2.33. The fraction of sp³-hybridized carbons (Fsp3) is 0.259. The number of carbonyl (C=O) groups is 1. The Morgan fingerprint density at radius 1 is 0.867 bits per heavy atom. The molecule has 0 N–H and O–H groups in total. The highest BCUT2D eigenvalue weighted by Crippen LogP contribution is 2.29. The second-order valence-corrected chi connectivity index (χ2v) is 8.42. The minimum absolute atomic E-state index is 0.497. The topological polar surface area (TPSA) is 30.7 Å². The first-order valence-electron chi connectivity index (χ1n) is 10.1. The van der Waals surface area contributed by atoms with E-state index in [2.05, 4.69) is 35.2 Å². The average Bonchev–Trinajstić information content (AvgIpc) is 2.70. The van der Waals surface area contributed by atoms with Crippen molar-refractivity contribution >= 4 is 5.97 Å². The molecule has 1 atom stereocenters. The molecule has 0 saturated heterocycles. The minimum Gasteiger partial charge on any atom is -0.454 e. The maximum Gasteiger partial charge on any atom is 0.395 e. The zero-order valence-corrected chi connectivity index (χ0v) is 17.8. The van der Waals surface area contributed by atoms with Crippen LogP contribution in [0.15, 0.2) is 78.9 Å². The fourth-order valence-electron chi connectivity index (χ4n) is 3.42. The molecule has 3 heteroatoms. The van der Waals surface area contributed by atoms with Crippen LogP contribution >= 0.6 is 0 Å². The monoisotopic (exact) mass is 397 g/mol. The highest BCUT2D eigenvalue weighted by molar-refractivity contribution is 5.80. The molecule has 0 fully saturated rings. The maximum absolute atomic E-state index is 12.8. The summed E-state index contributed by atoms with van der Waals surface area (Å²) in [4.78, 5) is 16.5. The fourth-order valence-corrected chi connectivity index (χ4v) is 3.42. The molecule has 3 aromatic carbocycles. The van der Waals surface area contributed by atoms with E-state index in [0.29, 0.717) is 6.42 Å². The largest absolute Gasteiger partial charge is 0.454 e. The van der Waals surface area contributed by atoms with Gasteiger partial charge in [0, 0.05) is 5.56 Å². The quantitative estimate of drug-likeness (QED) is 0.368. The Labute approximate surface area is 179 Å². The molecule has 3 aromatic rings.